The summed E-state index contributed by atoms with van der Waals surface area (Å²) in [6.07, 6.45) is 3.11. The Balaban J connectivity index is 2.78. The lowest BCUT2D eigenvalue weighted by Crippen LogP contribution is -2.41. The molecular formula is C15H25NO. The van der Waals surface area contributed by atoms with Gasteiger partial charge in [0.2, 0.25) is 0 Å². The lowest BCUT2D eigenvalue weighted by Gasteiger charge is -2.37. The lowest BCUT2D eigenvalue weighted by atomic mass is 9.98. The van der Waals surface area contributed by atoms with Crippen LogP contribution in [0.5, 0.6) is 0 Å². The standard InChI is InChI=1S/C15H25NO/c1-5-6-13-7-9-14(10-8-13)16(4)15(2,3)11-12-17/h7-10,17H,5-6,11-12H2,1-4H3. The molecule has 1 N–H and O–H groups in total. The summed E-state index contributed by atoms with van der Waals surface area (Å²) in [6.45, 7) is 6.74. The molecule has 1 rings (SSSR count). The molecule has 0 aliphatic carbocycles. The van der Waals surface area contributed by atoms with E-state index in [-0.39, 0.29) is 12.1 Å². The number of hydrogen-bond acceptors (Lipinski definition) is 2. The Morgan fingerprint density at radius 2 is 1.76 bits per heavy atom. The van der Waals surface area contributed by atoms with Crippen LogP contribution in [0.25, 0.3) is 0 Å². The molecule has 0 unspecified atom stereocenters. The molecule has 1 aromatic carbocycles. The van der Waals surface area contributed by atoms with Crippen LogP contribution in [0.1, 0.15) is 39.2 Å². The molecule has 17 heavy (non-hydrogen) atoms. The monoisotopic (exact) mass is 235 g/mol. The highest BCUT2D eigenvalue weighted by molar-refractivity contribution is 5.49. The summed E-state index contributed by atoms with van der Waals surface area (Å²) < 4.78 is 0. The van der Waals surface area contributed by atoms with Crippen LogP contribution in [0, 0.1) is 0 Å². The zero-order chi connectivity index (χ0) is 12.9. The highest BCUT2D eigenvalue weighted by Crippen LogP contribution is 2.25. The fraction of sp³-hybridized carbons (Fsp3) is 0.600. The van der Waals surface area contributed by atoms with Gasteiger partial charge in [0, 0.05) is 24.9 Å². The van der Waals surface area contributed by atoms with Crippen molar-refractivity contribution in [1.29, 1.82) is 0 Å². The first-order valence-corrected chi connectivity index (χ1v) is 6.45. The predicted molar refractivity (Wildman–Crippen MR) is 74.6 cm³/mol. The number of rotatable bonds is 6. The second-order valence-electron chi connectivity index (χ2n) is 5.26. The van der Waals surface area contributed by atoms with Crippen LogP contribution in [0.15, 0.2) is 24.3 Å². The van der Waals surface area contributed by atoms with Crippen molar-refractivity contribution >= 4 is 5.69 Å². The van der Waals surface area contributed by atoms with Crippen molar-refractivity contribution in [2.45, 2.75) is 45.6 Å². The SMILES string of the molecule is CCCc1ccc(N(C)C(C)(C)CCO)cc1. The van der Waals surface area contributed by atoms with E-state index in [1.54, 1.807) is 0 Å². The molecule has 0 spiro atoms. The highest BCUT2D eigenvalue weighted by Gasteiger charge is 2.22. The van der Waals surface area contributed by atoms with Crippen LogP contribution in [0.4, 0.5) is 5.69 Å². The van der Waals surface area contributed by atoms with Gasteiger partial charge < -0.3 is 10.0 Å². The number of aliphatic hydroxyl groups is 1. The number of anilines is 1. The minimum Gasteiger partial charge on any atom is -0.396 e. The van der Waals surface area contributed by atoms with E-state index in [4.69, 9.17) is 5.11 Å². The Labute approximate surface area is 105 Å². The van der Waals surface area contributed by atoms with E-state index in [1.807, 2.05) is 0 Å². The van der Waals surface area contributed by atoms with Crippen molar-refractivity contribution in [3.05, 3.63) is 29.8 Å². The van der Waals surface area contributed by atoms with E-state index >= 15 is 0 Å². The molecule has 0 saturated heterocycles. The summed E-state index contributed by atoms with van der Waals surface area (Å²) in [7, 11) is 2.09. The van der Waals surface area contributed by atoms with Gasteiger partial charge in [0.1, 0.15) is 0 Å². The topological polar surface area (TPSA) is 23.5 Å². The summed E-state index contributed by atoms with van der Waals surface area (Å²) in [6, 6.07) is 8.74. The van der Waals surface area contributed by atoms with Crippen molar-refractivity contribution in [2.75, 3.05) is 18.6 Å². The summed E-state index contributed by atoms with van der Waals surface area (Å²) in [5.74, 6) is 0. The maximum absolute atomic E-state index is 9.09. The fourth-order valence-electron chi connectivity index (χ4n) is 1.97. The molecule has 0 heterocycles. The van der Waals surface area contributed by atoms with E-state index in [1.165, 1.54) is 17.7 Å². The molecule has 0 saturated carbocycles. The second-order valence-corrected chi connectivity index (χ2v) is 5.26. The van der Waals surface area contributed by atoms with E-state index in [0.717, 1.165) is 12.8 Å². The van der Waals surface area contributed by atoms with E-state index in [0.29, 0.717) is 0 Å². The van der Waals surface area contributed by atoms with Gasteiger partial charge in [0.15, 0.2) is 0 Å². The van der Waals surface area contributed by atoms with Gasteiger partial charge in [-0.25, -0.2) is 0 Å². The number of benzene rings is 1. The van der Waals surface area contributed by atoms with Gasteiger partial charge in [0.05, 0.1) is 0 Å². The molecule has 0 bridgehead atoms. The van der Waals surface area contributed by atoms with E-state index < -0.39 is 0 Å². The minimum absolute atomic E-state index is 0.0129. The Kier molecular flexibility index (Phi) is 5.01. The van der Waals surface area contributed by atoms with Gasteiger partial charge in [-0.05, 0) is 44.4 Å². The maximum Gasteiger partial charge on any atom is 0.0453 e. The van der Waals surface area contributed by atoms with Gasteiger partial charge in [0.25, 0.3) is 0 Å². The van der Waals surface area contributed by atoms with Gasteiger partial charge in [-0.1, -0.05) is 25.5 Å². The summed E-state index contributed by atoms with van der Waals surface area (Å²) in [5, 5.41) is 9.09. The molecule has 0 aromatic heterocycles. The first-order valence-electron chi connectivity index (χ1n) is 6.45. The van der Waals surface area contributed by atoms with Gasteiger partial charge >= 0.3 is 0 Å². The van der Waals surface area contributed by atoms with Crippen molar-refractivity contribution in [3.8, 4) is 0 Å². The lowest BCUT2D eigenvalue weighted by molar-refractivity contribution is 0.250. The average molecular weight is 235 g/mol. The molecule has 0 aliphatic heterocycles. The minimum atomic E-state index is -0.0129. The molecule has 0 fully saturated rings. The Bertz CT molecular complexity index is 329. The fourth-order valence-corrected chi connectivity index (χ4v) is 1.97. The zero-order valence-corrected chi connectivity index (χ0v) is 11.5. The number of aryl methyl sites for hydroxylation is 1. The van der Waals surface area contributed by atoms with Crippen LogP contribution in [-0.4, -0.2) is 24.3 Å². The first-order chi connectivity index (χ1) is 8.01. The first kappa shape index (κ1) is 14.0. The maximum atomic E-state index is 9.09. The molecule has 0 atom stereocenters. The van der Waals surface area contributed by atoms with Gasteiger partial charge in [-0.3, -0.25) is 0 Å². The zero-order valence-electron chi connectivity index (χ0n) is 11.5. The van der Waals surface area contributed by atoms with E-state index in [2.05, 4.69) is 57.0 Å². The van der Waals surface area contributed by atoms with Crippen molar-refractivity contribution < 1.29 is 5.11 Å². The molecule has 0 radical (unpaired) electrons. The molecule has 96 valence electrons. The predicted octanol–water partition coefficient (Wildman–Crippen LogP) is 3.24. The third-order valence-corrected chi connectivity index (χ3v) is 3.49. The third kappa shape index (κ3) is 3.74. The molecule has 2 heteroatoms. The Morgan fingerprint density at radius 3 is 2.24 bits per heavy atom. The molecule has 0 amide bonds. The van der Waals surface area contributed by atoms with Crippen LogP contribution in [0.2, 0.25) is 0 Å². The molecule has 2 nitrogen and oxygen atoms in total. The van der Waals surface area contributed by atoms with Crippen LogP contribution < -0.4 is 4.90 Å². The van der Waals surface area contributed by atoms with Crippen LogP contribution >= 0.6 is 0 Å². The molecule has 0 aliphatic rings. The van der Waals surface area contributed by atoms with Crippen LogP contribution in [-0.2, 0) is 6.42 Å². The average Bonchev–Trinajstić information content (AvgIpc) is 2.29. The van der Waals surface area contributed by atoms with Gasteiger partial charge in [-0.2, -0.15) is 0 Å². The number of aliphatic hydroxyl groups excluding tert-OH is 1. The van der Waals surface area contributed by atoms with Crippen LogP contribution in [0.3, 0.4) is 0 Å². The second kappa shape index (κ2) is 6.06. The highest BCUT2D eigenvalue weighted by atomic mass is 16.3. The van der Waals surface area contributed by atoms with Gasteiger partial charge in [-0.15, -0.1) is 0 Å². The van der Waals surface area contributed by atoms with E-state index in [9.17, 15) is 0 Å². The van der Waals surface area contributed by atoms with Crippen molar-refractivity contribution in [1.82, 2.24) is 0 Å². The summed E-state index contributed by atoms with van der Waals surface area (Å²) >= 11 is 0. The molecular weight excluding hydrogens is 210 g/mol. The van der Waals surface area contributed by atoms with Crippen molar-refractivity contribution in [3.63, 3.8) is 0 Å². The number of nitrogens with zero attached hydrogens (tertiary/aromatic N) is 1. The quantitative estimate of drug-likeness (QED) is 0.818. The number of hydrogen-bond donors (Lipinski definition) is 1. The Hall–Kier alpha value is -1.02. The normalized spacial score (nSPS) is 11.6. The Morgan fingerprint density at radius 1 is 1.18 bits per heavy atom. The van der Waals surface area contributed by atoms with Crippen molar-refractivity contribution in [2.24, 2.45) is 0 Å². The third-order valence-electron chi connectivity index (χ3n) is 3.49. The summed E-state index contributed by atoms with van der Waals surface area (Å²) in [4.78, 5) is 2.24. The largest absolute Gasteiger partial charge is 0.396 e. The smallest absolute Gasteiger partial charge is 0.0453 e. The summed E-state index contributed by atoms with van der Waals surface area (Å²) in [5.41, 5.74) is 2.59. The molecule has 1 aromatic rings.